The van der Waals surface area contributed by atoms with Crippen molar-refractivity contribution < 1.29 is 13.2 Å². The van der Waals surface area contributed by atoms with Gasteiger partial charge in [-0.05, 0) is 63.6 Å². The number of aromatic nitrogens is 1. The quantitative estimate of drug-likeness (QED) is 0.867. The van der Waals surface area contributed by atoms with Crippen molar-refractivity contribution in [3.63, 3.8) is 0 Å². The zero-order valence-electron chi connectivity index (χ0n) is 15.5. The molecule has 1 aliphatic carbocycles. The fourth-order valence-electron chi connectivity index (χ4n) is 3.76. The fraction of sp³-hybridized carbons (Fsp3) is 0.450. The van der Waals surface area contributed by atoms with Gasteiger partial charge in [-0.1, -0.05) is 23.8 Å². The standard InChI is InChI=1S/C20H26N2O3S/c1-14-12-15(2)20(16(3)13-14)26(23,24)22-17-7-9-18(10-8-17)25-19-6-4-5-11-21-19/h4-6,11-13,17-18,22H,7-10H2,1-3H3. The van der Waals surface area contributed by atoms with Crippen molar-refractivity contribution in [3.8, 4) is 5.88 Å². The van der Waals surface area contributed by atoms with Crippen LogP contribution in [-0.2, 0) is 10.0 Å². The van der Waals surface area contributed by atoms with Gasteiger partial charge in [0.05, 0.1) is 4.90 Å². The summed E-state index contributed by atoms with van der Waals surface area (Å²) in [5, 5.41) is 0. The molecule has 26 heavy (non-hydrogen) atoms. The van der Waals surface area contributed by atoms with Gasteiger partial charge in [-0.3, -0.25) is 0 Å². The van der Waals surface area contributed by atoms with Crippen LogP contribution in [0.2, 0.25) is 0 Å². The highest BCUT2D eigenvalue weighted by atomic mass is 32.2. The van der Waals surface area contributed by atoms with E-state index in [1.54, 1.807) is 6.20 Å². The summed E-state index contributed by atoms with van der Waals surface area (Å²) in [6, 6.07) is 9.38. The minimum absolute atomic E-state index is 0.0521. The summed E-state index contributed by atoms with van der Waals surface area (Å²) in [4.78, 5) is 4.60. The Morgan fingerprint density at radius 1 is 1.04 bits per heavy atom. The van der Waals surface area contributed by atoms with Crippen LogP contribution >= 0.6 is 0 Å². The van der Waals surface area contributed by atoms with Gasteiger partial charge in [0.25, 0.3) is 0 Å². The zero-order chi connectivity index (χ0) is 18.7. The molecule has 0 amide bonds. The fourth-order valence-corrected chi connectivity index (χ4v) is 5.51. The highest BCUT2D eigenvalue weighted by molar-refractivity contribution is 7.89. The van der Waals surface area contributed by atoms with Crippen LogP contribution in [0.15, 0.2) is 41.4 Å². The molecule has 0 radical (unpaired) electrons. The molecule has 0 unspecified atom stereocenters. The van der Waals surface area contributed by atoms with E-state index in [9.17, 15) is 8.42 Å². The summed E-state index contributed by atoms with van der Waals surface area (Å²) < 4.78 is 34.5. The molecule has 0 atom stereocenters. The molecule has 5 nitrogen and oxygen atoms in total. The third-order valence-corrected chi connectivity index (χ3v) is 6.62. The zero-order valence-corrected chi connectivity index (χ0v) is 16.3. The molecule has 1 aromatic carbocycles. The molecule has 2 aromatic rings. The van der Waals surface area contributed by atoms with Gasteiger partial charge in [0.2, 0.25) is 15.9 Å². The van der Waals surface area contributed by atoms with E-state index in [1.807, 2.05) is 51.1 Å². The van der Waals surface area contributed by atoms with Crippen LogP contribution in [0.1, 0.15) is 42.4 Å². The van der Waals surface area contributed by atoms with Crippen LogP contribution in [0, 0.1) is 20.8 Å². The van der Waals surface area contributed by atoms with Crippen molar-refractivity contribution in [2.75, 3.05) is 0 Å². The predicted octanol–water partition coefficient (Wildman–Crippen LogP) is 3.68. The Labute approximate surface area is 155 Å². The Morgan fingerprint density at radius 2 is 1.69 bits per heavy atom. The van der Waals surface area contributed by atoms with E-state index < -0.39 is 10.0 Å². The second-order valence-corrected chi connectivity index (χ2v) is 8.76. The molecule has 1 heterocycles. The number of hydrogen-bond donors (Lipinski definition) is 1. The predicted molar refractivity (Wildman–Crippen MR) is 102 cm³/mol. The topological polar surface area (TPSA) is 68.3 Å². The third-order valence-electron chi connectivity index (χ3n) is 4.79. The van der Waals surface area contributed by atoms with Gasteiger partial charge >= 0.3 is 0 Å². The molecule has 0 bridgehead atoms. The monoisotopic (exact) mass is 374 g/mol. The Morgan fingerprint density at radius 3 is 2.27 bits per heavy atom. The Kier molecular flexibility index (Phi) is 5.63. The highest BCUT2D eigenvalue weighted by Gasteiger charge is 2.28. The van der Waals surface area contributed by atoms with Gasteiger partial charge in [-0.25, -0.2) is 18.1 Å². The molecule has 1 N–H and O–H groups in total. The number of nitrogens with one attached hydrogen (secondary N) is 1. The Balaban J connectivity index is 1.62. The van der Waals surface area contributed by atoms with Gasteiger partial charge in [0.15, 0.2) is 0 Å². The molecular formula is C20H26N2O3S. The van der Waals surface area contributed by atoms with Crippen LogP contribution in [0.3, 0.4) is 0 Å². The molecule has 6 heteroatoms. The Hall–Kier alpha value is -1.92. The normalized spacial score (nSPS) is 20.7. The smallest absolute Gasteiger partial charge is 0.241 e. The first-order chi connectivity index (χ1) is 12.3. The molecule has 1 aliphatic rings. The largest absolute Gasteiger partial charge is 0.474 e. The number of sulfonamides is 1. The van der Waals surface area contributed by atoms with Gasteiger partial charge in [0.1, 0.15) is 6.10 Å². The van der Waals surface area contributed by atoms with Crippen molar-refractivity contribution in [1.82, 2.24) is 9.71 Å². The second kappa shape index (κ2) is 7.76. The van der Waals surface area contributed by atoms with E-state index in [-0.39, 0.29) is 12.1 Å². The van der Waals surface area contributed by atoms with Gasteiger partial charge < -0.3 is 4.74 Å². The number of benzene rings is 1. The van der Waals surface area contributed by atoms with E-state index in [2.05, 4.69) is 9.71 Å². The number of aryl methyl sites for hydroxylation is 3. The number of rotatable bonds is 5. The lowest BCUT2D eigenvalue weighted by Gasteiger charge is -2.29. The maximum absolute atomic E-state index is 12.9. The van der Waals surface area contributed by atoms with Crippen LogP contribution in [0.4, 0.5) is 0 Å². The highest BCUT2D eigenvalue weighted by Crippen LogP contribution is 2.26. The first-order valence-electron chi connectivity index (χ1n) is 9.03. The van der Waals surface area contributed by atoms with E-state index in [1.165, 1.54) is 0 Å². The van der Waals surface area contributed by atoms with E-state index in [0.717, 1.165) is 42.4 Å². The van der Waals surface area contributed by atoms with Gasteiger partial charge in [0, 0.05) is 18.3 Å². The van der Waals surface area contributed by atoms with Crippen LogP contribution < -0.4 is 9.46 Å². The average molecular weight is 375 g/mol. The van der Waals surface area contributed by atoms with Gasteiger partial charge in [-0.15, -0.1) is 0 Å². The van der Waals surface area contributed by atoms with Gasteiger partial charge in [-0.2, -0.15) is 0 Å². The summed E-state index contributed by atoms with van der Waals surface area (Å²) in [6.07, 6.45) is 4.96. The maximum atomic E-state index is 12.9. The maximum Gasteiger partial charge on any atom is 0.241 e. The molecule has 140 valence electrons. The summed E-state index contributed by atoms with van der Waals surface area (Å²) >= 11 is 0. The van der Waals surface area contributed by atoms with E-state index >= 15 is 0 Å². The van der Waals surface area contributed by atoms with E-state index in [4.69, 9.17) is 4.74 Å². The summed E-state index contributed by atoms with van der Waals surface area (Å²) in [7, 11) is -3.52. The summed E-state index contributed by atoms with van der Waals surface area (Å²) in [5.74, 6) is 0.627. The van der Waals surface area contributed by atoms with Crippen molar-refractivity contribution >= 4 is 10.0 Å². The van der Waals surface area contributed by atoms with Crippen molar-refractivity contribution in [3.05, 3.63) is 53.2 Å². The van der Waals surface area contributed by atoms with Crippen LogP contribution in [0.5, 0.6) is 5.88 Å². The first kappa shape index (κ1) is 18.9. The lowest BCUT2D eigenvalue weighted by molar-refractivity contribution is 0.138. The first-order valence-corrected chi connectivity index (χ1v) is 10.5. The molecule has 3 rings (SSSR count). The van der Waals surface area contributed by atoms with Crippen LogP contribution in [-0.4, -0.2) is 25.5 Å². The van der Waals surface area contributed by atoms with Crippen molar-refractivity contribution in [1.29, 1.82) is 0 Å². The molecular weight excluding hydrogens is 348 g/mol. The van der Waals surface area contributed by atoms with Crippen molar-refractivity contribution in [2.24, 2.45) is 0 Å². The Bertz CT molecular complexity index is 835. The molecule has 0 spiro atoms. The lowest BCUT2D eigenvalue weighted by atomic mass is 9.94. The minimum atomic E-state index is -3.52. The minimum Gasteiger partial charge on any atom is -0.474 e. The lowest BCUT2D eigenvalue weighted by Crippen LogP contribution is -2.40. The second-order valence-electron chi connectivity index (χ2n) is 7.11. The molecule has 1 aromatic heterocycles. The molecule has 0 aliphatic heterocycles. The summed E-state index contributed by atoms with van der Waals surface area (Å²) in [6.45, 7) is 5.69. The molecule has 0 saturated heterocycles. The number of ether oxygens (including phenoxy) is 1. The number of nitrogens with zero attached hydrogens (tertiary/aromatic N) is 1. The molecule has 1 fully saturated rings. The van der Waals surface area contributed by atoms with Crippen molar-refractivity contribution in [2.45, 2.75) is 63.5 Å². The SMILES string of the molecule is Cc1cc(C)c(S(=O)(=O)NC2CCC(Oc3ccccn3)CC2)c(C)c1. The molecule has 1 saturated carbocycles. The third kappa shape index (κ3) is 4.43. The number of hydrogen-bond acceptors (Lipinski definition) is 4. The average Bonchev–Trinajstić information content (AvgIpc) is 2.56. The van der Waals surface area contributed by atoms with Crippen LogP contribution in [0.25, 0.3) is 0 Å². The number of pyridine rings is 1. The van der Waals surface area contributed by atoms with E-state index in [0.29, 0.717) is 10.8 Å². The summed E-state index contributed by atoms with van der Waals surface area (Å²) in [5.41, 5.74) is 2.66.